The Labute approximate surface area is 170 Å². The van der Waals surface area contributed by atoms with Gasteiger partial charge in [-0.2, -0.15) is 0 Å². The van der Waals surface area contributed by atoms with Crippen LogP contribution in [0.2, 0.25) is 0 Å². The van der Waals surface area contributed by atoms with Crippen LogP contribution in [0.1, 0.15) is 135 Å². The van der Waals surface area contributed by atoms with Gasteiger partial charge in [0.2, 0.25) is 0 Å². The first-order chi connectivity index (χ1) is 12.8. The highest BCUT2D eigenvalue weighted by molar-refractivity contribution is 7.96. The Morgan fingerprint density at radius 1 is 0.538 bits per heavy atom. The zero-order chi connectivity index (χ0) is 19.1. The van der Waals surface area contributed by atoms with Crippen molar-refractivity contribution in [2.24, 2.45) is 0 Å². The molecule has 0 saturated heterocycles. The standard InChI is InChI=1S/C23H47NOS/c1-2-3-4-5-6-7-8-9-10-11-12-13-14-15-16-17-18-19-20-21-22-24-23(25)26/h2-22H2,1H3,(H2,24,25,26). The average molecular weight is 386 g/mol. The van der Waals surface area contributed by atoms with E-state index < -0.39 is 0 Å². The first-order valence-corrected chi connectivity index (χ1v) is 12.2. The lowest BCUT2D eigenvalue weighted by Gasteiger charge is -2.04. The fourth-order valence-electron chi connectivity index (χ4n) is 3.58. The Morgan fingerprint density at radius 2 is 0.808 bits per heavy atom. The number of hydrogen-bond acceptors (Lipinski definition) is 1. The van der Waals surface area contributed by atoms with Crippen molar-refractivity contribution < 1.29 is 4.79 Å². The van der Waals surface area contributed by atoms with Crippen LogP contribution in [0.3, 0.4) is 0 Å². The number of nitrogens with one attached hydrogen (secondary N) is 1. The summed E-state index contributed by atoms with van der Waals surface area (Å²) in [5.41, 5.74) is 0. The quantitative estimate of drug-likeness (QED) is 0.151. The van der Waals surface area contributed by atoms with Gasteiger partial charge in [-0.1, -0.05) is 142 Å². The van der Waals surface area contributed by atoms with Gasteiger partial charge in [0, 0.05) is 6.54 Å². The van der Waals surface area contributed by atoms with Crippen molar-refractivity contribution in [1.29, 1.82) is 0 Å². The second kappa shape index (κ2) is 22.9. The highest BCUT2D eigenvalue weighted by Crippen LogP contribution is 2.14. The largest absolute Gasteiger partial charge is 0.347 e. The maximum absolute atomic E-state index is 10.6. The van der Waals surface area contributed by atoms with Crippen molar-refractivity contribution in [2.45, 2.75) is 135 Å². The molecule has 0 heterocycles. The van der Waals surface area contributed by atoms with Crippen LogP contribution in [-0.2, 0) is 0 Å². The third-order valence-corrected chi connectivity index (χ3v) is 5.46. The smallest absolute Gasteiger partial charge is 0.275 e. The fraction of sp³-hybridized carbons (Fsp3) is 0.957. The van der Waals surface area contributed by atoms with Gasteiger partial charge in [0.05, 0.1) is 0 Å². The van der Waals surface area contributed by atoms with Crippen LogP contribution < -0.4 is 5.32 Å². The normalized spacial score (nSPS) is 11.0. The number of amides is 1. The van der Waals surface area contributed by atoms with Crippen molar-refractivity contribution >= 4 is 17.9 Å². The predicted octanol–water partition coefficient (Wildman–Crippen LogP) is 8.45. The van der Waals surface area contributed by atoms with Gasteiger partial charge in [-0.3, -0.25) is 4.79 Å². The van der Waals surface area contributed by atoms with E-state index in [9.17, 15) is 4.79 Å². The van der Waals surface area contributed by atoms with Crippen LogP contribution in [-0.4, -0.2) is 11.8 Å². The molecule has 156 valence electrons. The first kappa shape index (κ1) is 25.8. The summed E-state index contributed by atoms with van der Waals surface area (Å²) >= 11 is 3.69. The number of carbonyl (C=O) groups excluding carboxylic acids is 1. The van der Waals surface area contributed by atoms with Gasteiger partial charge in [0.25, 0.3) is 5.24 Å². The van der Waals surface area contributed by atoms with Gasteiger partial charge in [-0.15, -0.1) is 0 Å². The van der Waals surface area contributed by atoms with Gasteiger partial charge < -0.3 is 5.32 Å². The van der Waals surface area contributed by atoms with Gasteiger partial charge in [0.1, 0.15) is 0 Å². The van der Waals surface area contributed by atoms with E-state index in [1.54, 1.807) is 0 Å². The van der Waals surface area contributed by atoms with Crippen LogP contribution in [0.25, 0.3) is 0 Å². The van der Waals surface area contributed by atoms with Crippen LogP contribution in [0.15, 0.2) is 0 Å². The van der Waals surface area contributed by atoms with Crippen LogP contribution >= 0.6 is 12.6 Å². The minimum absolute atomic E-state index is 0.206. The first-order valence-electron chi connectivity index (χ1n) is 11.7. The maximum Gasteiger partial charge on any atom is 0.275 e. The zero-order valence-corrected chi connectivity index (χ0v) is 18.6. The molecule has 0 aromatic rings. The Kier molecular flexibility index (Phi) is 22.7. The second-order valence-corrected chi connectivity index (χ2v) is 8.36. The van der Waals surface area contributed by atoms with Crippen molar-refractivity contribution in [3.05, 3.63) is 0 Å². The lowest BCUT2D eigenvalue weighted by molar-refractivity contribution is 0.261. The topological polar surface area (TPSA) is 29.1 Å². The molecule has 0 spiro atoms. The predicted molar refractivity (Wildman–Crippen MR) is 120 cm³/mol. The van der Waals surface area contributed by atoms with E-state index in [4.69, 9.17) is 0 Å². The SMILES string of the molecule is CCCCCCCCCCCCCCCCCCCCCCNC(=O)S. The summed E-state index contributed by atoms with van der Waals surface area (Å²) < 4.78 is 0. The fourth-order valence-corrected chi connectivity index (χ4v) is 3.69. The molecule has 0 aromatic carbocycles. The van der Waals surface area contributed by atoms with E-state index in [0.717, 1.165) is 13.0 Å². The summed E-state index contributed by atoms with van der Waals surface area (Å²) in [6, 6.07) is 0. The van der Waals surface area contributed by atoms with Crippen LogP contribution in [0.4, 0.5) is 4.79 Å². The lowest BCUT2D eigenvalue weighted by Crippen LogP contribution is -2.17. The van der Waals surface area contributed by atoms with E-state index in [-0.39, 0.29) is 5.24 Å². The highest BCUT2D eigenvalue weighted by Gasteiger charge is 1.96. The molecule has 2 nitrogen and oxygen atoms in total. The molecule has 0 aliphatic carbocycles. The van der Waals surface area contributed by atoms with E-state index in [0.29, 0.717) is 0 Å². The number of thiol groups is 1. The third-order valence-electron chi connectivity index (χ3n) is 5.31. The van der Waals surface area contributed by atoms with Gasteiger partial charge in [0.15, 0.2) is 0 Å². The van der Waals surface area contributed by atoms with Gasteiger partial charge in [-0.25, -0.2) is 0 Å². The third kappa shape index (κ3) is 23.8. The average Bonchev–Trinajstić information content (AvgIpc) is 2.62. The Balaban J connectivity index is 2.98. The van der Waals surface area contributed by atoms with Gasteiger partial charge >= 0.3 is 0 Å². The summed E-state index contributed by atoms with van der Waals surface area (Å²) in [6.07, 6.45) is 28.0. The summed E-state index contributed by atoms with van der Waals surface area (Å²) in [5, 5.41) is 2.52. The van der Waals surface area contributed by atoms with Crippen molar-refractivity contribution in [2.75, 3.05) is 6.54 Å². The minimum Gasteiger partial charge on any atom is -0.347 e. The monoisotopic (exact) mass is 385 g/mol. The van der Waals surface area contributed by atoms with Gasteiger partial charge in [-0.05, 0) is 6.42 Å². The molecule has 0 rings (SSSR count). The van der Waals surface area contributed by atoms with Crippen LogP contribution in [0, 0.1) is 0 Å². The number of carbonyl (C=O) groups is 1. The maximum atomic E-state index is 10.6. The zero-order valence-electron chi connectivity index (χ0n) is 17.7. The summed E-state index contributed by atoms with van der Waals surface area (Å²) in [6.45, 7) is 3.07. The molecule has 0 aliphatic heterocycles. The molecule has 0 radical (unpaired) electrons. The summed E-state index contributed by atoms with van der Waals surface area (Å²) in [4.78, 5) is 10.6. The lowest BCUT2D eigenvalue weighted by atomic mass is 10.0. The molecule has 0 aromatic heterocycles. The molecule has 1 N–H and O–H groups in total. The molecule has 0 saturated carbocycles. The number of rotatable bonds is 21. The molecule has 1 amide bonds. The van der Waals surface area contributed by atoms with Crippen molar-refractivity contribution in [1.82, 2.24) is 5.32 Å². The minimum atomic E-state index is -0.206. The molecular formula is C23H47NOS. The molecule has 0 atom stereocenters. The molecule has 0 aliphatic rings. The van der Waals surface area contributed by atoms with E-state index >= 15 is 0 Å². The number of hydrogen-bond donors (Lipinski definition) is 2. The van der Waals surface area contributed by atoms with Crippen LogP contribution in [0.5, 0.6) is 0 Å². The number of unbranched alkanes of at least 4 members (excludes halogenated alkanes) is 19. The van der Waals surface area contributed by atoms with E-state index in [2.05, 4.69) is 24.9 Å². The summed E-state index contributed by atoms with van der Waals surface area (Å²) in [7, 11) is 0. The van der Waals surface area contributed by atoms with Crippen molar-refractivity contribution in [3.63, 3.8) is 0 Å². The molecular weight excluding hydrogens is 338 g/mol. The Morgan fingerprint density at radius 3 is 1.08 bits per heavy atom. The highest BCUT2D eigenvalue weighted by atomic mass is 32.1. The second-order valence-electron chi connectivity index (χ2n) is 7.95. The van der Waals surface area contributed by atoms with Crippen molar-refractivity contribution in [3.8, 4) is 0 Å². The Bertz CT molecular complexity index is 283. The molecule has 26 heavy (non-hydrogen) atoms. The molecule has 0 unspecified atom stereocenters. The summed E-state index contributed by atoms with van der Waals surface area (Å²) in [5.74, 6) is 0. The Hall–Kier alpha value is -0.180. The van der Waals surface area contributed by atoms with E-state index in [1.165, 1.54) is 122 Å². The molecule has 0 fully saturated rings. The van der Waals surface area contributed by atoms with E-state index in [1.807, 2.05) is 0 Å². The molecule has 3 heteroatoms. The molecule has 0 bridgehead atoms.